The first-order valence-electron chi connectivity index (χ1n) is 14.7. The van der Waals surface area contributed by atoms with E-state index >= 15 is 0 Å². The Kier molecular flexibility index (Phi) is 9.32. The number of aliphatic hydroxyl groups excluding tert-OH is 2. The number of methoxy groups -OCH3 is 1. The Labute approximate surface area is 237 Å². The predicted octanol–water partition coefficient (Wildman–Crippen LogP) is 1.45. The number of fused-ring (bicyclic) bond motifs is 3. The molecule has 4 fully saturated rings. The van der Waals surface area contributed by atoms with Gasteiger partial charge in [-0.3, -0.25) is 0 Å². The van der Waals surface area contributed by atoms with E-state index in [1.807, 2.05) is 19.9 Å². The van der Waals surface area contributed by atoms with Gasteiger partial charge in [-0.25, -0.2) is 0 Å². The zero-order valence-corrected chi connectivity index (χ0v) is 24.4. The van der Waals surface area contributed by atoms with Gasteiger partial charge in [0, 0.05) is 25.9 Å². The van der Waals surface area contributed by atoms with Crippen LogP contribution in [0.2, 0.25) is 0 Å². The van der Waals surface area contributed by atoms with Crippen molar-refractivity contribution in [1.82, 2.24) is 0 Å². The second kappa shape index (κ2) is 12.1. The van der Waals surface area contributed by atoms with Crippen LogP contribution in [0.25, 0.3) is 0 Å². The van der Waals surface area contributed by atoms with Crippen LogP contribution in [0.15, 0.2) is 12.2 Å². The van der Waals surface area contributed by atoms with Gasteiger partial charge in [-0.1, -0.05) is 12.2 Å². The minimum atomic E-state index is -1.46. The number of rotatable bonds is 7. The number of hydrogen-bond donors (Lipinski definition) is 3. The minimum absolute atomic E-state index is 0.0510. The molecular formula is C29H48O11. The third-order valence-electron chi connectivity index (χ3n) is 9.13. The Morgan fingerprint density at radius 2 is 1.77 bits per heavy atom. The minimum Gasteiger partial charge on any atom is -0.394 e. The van der Waals surface area contributed by atoms with Crippen molar-refractivity contribution in [2.75, 3.05) is 33.7 Å². The SMILES string of the molecule is COCO[C@H]1C[C@@H](CC2COC(C)(C)OC2)O[C@@H]2C[C@@H]3O[C@@H]4C=C[C@](C)(O)[C@@H]([C@H](O)CO)O[C@H]4CC[C@@]3(C)O[C@@H]12. The van der Waals surface area contributed by atoms with Gasteiger partial charge in [0.1, 0.15) is 36.8 Å². The maximum Gasteiger partial charge on any atom is 0.162 e. The molecule has 0 amide bonds. The van der Waals surface area contributed by atoms with Crippen molar-refractivity contribution in [3.63, 3.8) is 0 Å². The van der Waals surface area contributed by atoms with E-state index < -0.39 is 48.0 Å². The van der Waals surface area contributed by atoms with Crippen molar-refractivity contribution in [2.24, 2.45) is 5.92 Å². The molecule has 40 heavy (non-hydrogen) atoms. The van der Waals surface area contributed by atoms with Crippen LogP contribution in [-0.2, 0) is 37.9 Å². The highest BCUT2D eigenvalue weighted by atomic mass is 16.7. The average molecular weight is 573 g/mol. The molecule has 0 aromatic heterocycles. The van der Waals surface area contributed by atoms with Crippen molar-refractivity contribution in [1.29, 1.82) is 0 Å². The van der Waals surface area contributed by atoms with Gasteiger partial charge in [-0.15, -0.1) is 0 Å². The summed E-state index contributed by atoms with van der Waals surface area (Å²) < 4.78 is 49.5. The normalized spacial score (nSPS) is 46.4. The summed E-state index contributed by atoms with van der Waals surface area (Å²) in [6, 6.07) is 0. The summed E-state index contributed by atoms with van der Waals surface area (Å²) in [5.41, 5.74) is -2.07. The molecule has 0 spiro atoms. The van der Waals surface area contributed by atoms with Gasteiger partial charge in [-0.05, 0) is 47.0 Å². The van der Waals surface area contributed by atoms with Gasteiger partial charge in [0.05, 0.1) is 55.9 Å². The molecule has 0 aromatic rings. The van der Waals surface area contributed by atoms with E-state index in [0.29, 0.717) is 38.9 Å². The Balaban J connectivity index is 1.31. The second-order valence-electron chi connectivity index (χ2n) is 13.0. The second-order valence-corrected chi connectivity index (χ2v) is 13.0. The molecular weight excluding hydrogens is 524 g/mol. The lowest BCUT2D eigenvalue weighted by Crippen LogP contribution is -2.63. The summed E-state index contributed by atoms with van der Waals surface area (Å²) in [4.78, 5) is 0. The first-order chi connectivity index (χ1) is 18.9. The topological polar surface area (TPSA) is 135 Å². The first-order valence-corrected chi connectivity index (χ1v) is 14.7. The van der Waals surface area contributed by atoms with E-state index in [2.05, 4.69) is 6.92 Å². The fourth-order valence-electron chi connectivity index (χ4n) is 6.80. The van der Waals surface area contributed by atoms with Crippen LogP contribution in [0.3, 0.4) is 0 Å². The van der Waals surface area contributed by atoms with Crippen molar-refractivity contribution >= 4 is 0 Å². The van der Waals surface area contributed by atoms with Gasteiger partial charge in [-0.2, -0.15) is 0 Å². The van der Waals surface area contributed by atoms with Gasteiger partial charge < -0.3 is 53.2 Å². The van der Waals surface area contributed by atoms with Crippen molar-refractivity contribution in [3.8, 4) is 0 Å². The molecule has 0 unspecified atom stereocenters. The van der Waals surface area contributed by atoms with Gasteiger partial charge in [0.25, 0.3) is 0 Å². The van der Waals surface area contributed by atoms with Gasteiger partial charge in [0.15, 0.2) is 5.79 Å². The summed E-state index contributed by atoms with van der Waals surface area (Å²) in [5, 5.41) is 30.9. The fourth-order valence-corrected chi connectivity index (χ4v) is 6.80. The van der Waals surface area contributed by atoms with Crippen LogP contribution in [0.4, 0.5) is 0 Å². The third-order valence-corrected chi connectivity index (χ3v) is 9.13. The van der Waals surface area contributed by atoms with E-state index in [4.69, 9.17) is 37.9 Å². The highest BCUT2D eigenvalue weighted by Gasteiger charge is 2.55. The zero-order chi connectivity index (χ0) is 28.7. The fraction of sp³-hybridized carbons (Fsp3) is 0.931. The Morgan fingerprint density at radius 3 is 2.48 bits per heavy atom. The molecule has 5 heterocycles. The van der Waals surface area contributed by atoms with E-state index in [0.717, 1.165) is 6.42 Å². The molecule has 11 nitrogen and oxygen atoms in total. The Bertz CT molecular complexity index is 870. The molecule has 230 valence electrons. The van der Waals surface area contributed by atoms with Crippen molar-refractivity contribution in [3.05, 3.63) is 12.2 Å². The van der Waals surface area contributed by atoms with E-state index in [9.17, 15) is 15.3 Å². The predicted molar refractivity (Wildman–Crippen MR) is 141 cm³/mol. The molecule has 5 aliphatic rings. The number of aliphatic hydroxyl groups is 3. The Morgan fingerprint density at radius 1 is 1.02 bits per heavy atom. The third kappa shape index (κ3) is 6.60. The highest BCUT2D eigenvalue weighted by Crippen LogP contribution is 2.45. The molecule has 5 rings (SSSR count). The maximum absolute atomic E-state index is 10.9. The quantitative estimate of drug-likeness (QED) is 0.302. The number of ether oxygens (including phenoxy) is 8. The lowest BCUT2D eigenvalue weighted by molar-refractivity contribution is -0.306. The molecule has 0 radical (unpaired) electrons. The molecule has 0 bridgehead atoms. The van der Waals surface area contributed by atoms with E-state index in [1.54, 1.807) is 20.1 Å². The molecule has 0 aliphatic carbocycles. The van der Waals surface area contributed by atoms with Crippen molar-refractivity contribution in [2.45, 2.75) is 132 Å². The maximum atomic E-state index is 10.9. The van der Waals surface area contributed by atoms with E-state index in [1.165, 1.54) is 0 Å². The molecule has 4 saturated heterocycles. The standard InChI is InChI=1S/C29H48O11/c1-27(2)35-14-17(15-36-27)10-18-11-22(34-16-33-5)25-23(37-18)12-24-29(4,40-25)9-7-21-20(38-24)6-8-28(3,32)26(39-21)19(31)13-30/h6,8,17-26,30-32H,7,9-16H2,1-5H3/t18-,19-,20-,21+,22+,23-,24+,25+,26-,28+,29-/m1/s1. The molecule has 0 saturated carbocycles. The van der Waals surface area contributed by atoms with Crippen LogP contribution >= 0.6 is 0 Å². The van der Waals surface area contributed by atoms with Crippen LogP contribution in [0.1, 0.15) is 59.8 Å². The molecule has 3 N–H and O–H groups in total. The van der Waals surface area contributed by atoms with Crippen LogP contribution in [0, 0.1) is 5.92 Å². The molecule has 0 aromatic carbocycles. The largest absolute Gasteiger partial charge is 0.394 e. The summed E-state index contributed by atoms with van der Waals surface area (Å²) in [7, 11) is 1.61. The van der Waals surface area contributed by atoms with E-state index in [-0.39, 0.29) is 43.2 Å². The van der Waals surface area contributed by atoms with Crippen molar-refractivity contribution < 1.29 is 53.2 Å². The summed E-state index contributed by atoms with van der Waals surface area (Å²) in [6.45, 7) is 8.38. The highest BCUT2D eigenvalue weighted by molar-refractivity contribution is 5.13. The summed E-state index contributed by atoms with van der Waals surface area (Å²) in [5.74, 6) is -0.333. The smallest absolute Gasteiger partial charge is 0.162 e. The lowest BCUT2D eigenvalue weighted by Gasteiger charge is -2.52. The molecule has 11 atom stereocenters. The molecule has 11 heteroatoms. The van der Waals surface area contributed by atoms with Crippen LogP contribution < -0.4 is 0 Å². The first kappa shape index (κ1) is 30.7. The average Bonchev–Trinajstić information content (AvgIpc) is 3.12. The number of hydrogen-bond acceptors (Lipinski definition) is 11. The monoisotopic (exact) mass is 572 g/mol. The van der Waals surface area contributed by atoms with Gasteiger partial charge >= 0.3 is 0 Å². The lowest BCUT2D eigenvalue weighted by atomic mass is 9.81. The van der Waals surface area contributed by atoms with Crippen LogP contribution in [-0.4, -0.2) is 121 Å². The zero-order valence-electron chi connectivity index (χ0n) is 24.4. The summed E-state index contributed by atoms with van der Waals surface area (Å²) >= 11 is 0. The van der Waals surface area contributed by atoms with Gasteiger partial charge in [0.2, 0.25) is 0 Å². The molecule has 5 aliphatic heterocycles. The summed E-state index contributed by atoms with van der Waals surface area (Å²) in [6.07, 6.45) is 2.60. The van der Waals surface area contributed by atoms with Crippen LogP contribution in [0.5, 0.6) is 0 Å². The Hall–Kier alpha value is -0.700.